The molecule has 13 heavy (non-hydrogen) atoms. The Kier molecular flexibility index (Phi) is 3.78. The fourth-order valence-electron chi connectivity index (χ4n) is 2.07. The van der Waals surface area contributed by atoms with Crippen molar-refractivity contribution < 1.29 is 0 Å². The predicted molar refractivity (Wildman–Crippen MR) is 58.9 cm³/mol. The van der Waals surface area contributed by atoms with Crippen LogP contribution >= 0.6 is 0 Å². The molecular weight excluding hydrogens is 158 g/mol. The van der Waals surface area contributed by atoms with Gasteiger partial charge in [-0.1, -0.05) is 27.7 Å². The summed E-state index contributed by atoms with van der Waals surface area (Å²) in [6, 6.07) is 0. The molecule has 1 nitrogen and oxygen atoms in total. The minimum atomic E-state index is 0.527. The monoisotopic (exact) mass is 183 g/mol. The zero-order valence-corrected chi connectivity index (χ0v) is 9.77. The van der Waals surface area contributed by atoms with Gasteiger partial charge in [0.2, 0.25) is 0 Å². The van der Waals surface area contributed by atoms with E-state index in [1.165, 1.54) is 38.9 Å². The van der Waals surface area contributed by atoms with Crippen LogP contribution in [0.3, 0.4) is 0 Å². The Labute approximate surface area is 83.5 Å². The van der Waals surface area contributed by atoms with Crippen LogP contribution in [0.15, 0.2) is 0 Å². The Morgan fingerprint density at radius 1 is 1.31 bits per heavy atom. The van der Waals surface area contributed by atoms with Gasteiger partial charge in [0.25, 0.3) is 0 Å². The summed E-state index contributed by atoms with van der Waals surface area (Å²) in [6.45, 7) is 13.2. The molecule has 0 aromatic rings. The van der Waals surface area contributed by atoms with E-state index in [1.807, 2.05) is 0 Å². The first-order valence-electron chi connectivity index (χ1n) is 5.73. The lowest BCUT2D eigenvalue weighted by Gasteiger charge is -2.20. The molecule has 0 unspecified atom stereocenters. The standard InChI is InChI=1S/C12H25N/c1-5-13-9-7-11(10-13)6-8-12(2,3)4/h11H,5-10H2,1-4H3/t11-/m0/s1. The molecule has 0 aliphatic carbocycles. The largest absolute Gasteiger partial charge is 0.303 e. The van der Waals surface area contributed by atoms with Gasteiger partial charge in [0, 0.05) is 6.54 Å². The van der Waals surface area contributed by atoms with Crippen LogP contribution in [-0.4, -0.2) is 24.5 Å². The molecule has 1 heteroatoms. The molecule has 0 spiro atoms. The smallest absolute Gasteiger partial charge is 0.00100 e. The maximum atomic E-state index is 2.58. The van der Waals surface area contributed by atoms with Crippen molar-refractivity contribution in [2.75, 3.05) is 19.6 Å². The average molecular weight is 183 g/mol. The average Bonchev–Trinajstić information content (AvgIpc) is 2.47. The predicted octanol–water partition coefficient (Wildman–Crippen LogP) is 3.15. The molecule has 0 amide bonds. The lowest BCUT2D eigenvalue weighted by molar-refractivity contribution is 0.302. The van der Waals surface area contributed by atoms with Gasteiger partial charge in [-0.25, -0.2) is 0 Å². The summed E-state index contributed by atoms with van der Waals surface area (Å²) in [5.41, 5.74) is 0.527. The highest BCUT2D eigenvalue weighted by Gasteiger charge is 2.22. The van der Waals surface area contributed by atoms with Crippen LogP contribution in [0.25, 0.3) is 0 Å². The maximum Gasteiger partial charge on any atom is 0.00100 e. The summed E-state index contributed by atoms with van der Waals surface area (Å²) < 4.78 is 0. The Morgan fingerprint density at radius 3 is 2.46 bits per heavy atom. The molecule has 1 atom stereocenters. The number of nitrogens with zero attached hydrogens (tertiary/aromatic N) is 1. The Balaban J connectivity index is 2.17. The minimum absolute atomic E-state index is 0.527. The number of likely N-dealkylation sites (tertiary alicyclic amines) is 1. The van der Waals surface area contributed by atoms with E-state index < -0.39 is 0 Å². The van der Waals surface area contributed by atoms with Gasteiger partial charge < -0.3 is 4.90 Å². The molecule has 1 saturated heterocycles. The topological polar surface area (TPSA) is 3.24 Å². The van der Waals surface area contributed by atoms with Crippen molar-refractivity contribution in [3.8, 4) is 0 Å². The number of hydrogen-bond donors (Lipinski definition) is 0. The first kappa shape index (κ1) is 11.0. The second-order valence-electron chi connectivity index (χ2n) is 5.65. The van der Waals surface area contributed by atoms with Crippen molar-refractivity contribution in [2.45, 2.75) is 47.0 Å². The molecule has 0 aromatic heterocycles. The van der Waals surface area contributed by atoms with E-state index in [0.29, 0.717) is 5.41 Å². The maximum absolute atomic E-state index is 2.58. The molecule has 0 saturated carbocycles. The Bertz CT molecular complexity index is 146. The number of rotatable bonds is 3. The fraction of sp³-hybridized carbons (Fsp3) is 1.00. The van der Waals surface area contributed by atoms with Gasteiger partial charge in [0.1, 0.15) is 0 Å². The van der Waals surface area contributed by atoms with E-state index in [1.54, 1.807) is 0 Å². The summed E-state index contributed by atoms with van der Waals surface area (Å²) in [6.07, 6.45) is 4.25. The van der Waals surface area contributed by atoms with Crippen molar-refractivity contribution in [1.82, 2.24) is 4.90 Å². The second kappa shape index (κ2) is 4.45. The van der Waals surface area contributed by atoms with E-state index in [-0.39, 0.29) is 0 Å². The molecule has 1 rings (SSSR count). The zero-order valence-electron chi connectivity index (χ0n) is 9.77. The van der Waals surface area contributed by atoms with E-state index in [9.17, 15) is 0 Å². The van der Waals surface area contributed by atoms with Crippen molar-refractivity contribution >= 4 is 0 Å². The lowest BCUT2D eigenvalue weighted by Crippen LogP contribution is -2.20. The molecule has 78 valence electrons. The summed E-state index contributed by atoms with van der Waals surface area (Å²) in [4.78, 5) is 2.58. The Hall–Kier alpha value is -0.0400. The van der Waals surface area contributed by atoms with Gasteiger partial charge in [0.05, 0.1) is 0 Å². The van der Waals surface area contributed by atoms with Crippen LogP contribution in [0.1, 0.15) is 47.0 Å². The third-order valence-corrected chi connectivity index (χ3v) is 3.12. The fourth-order valence-corrected chi connectivity index (χ4v) is 2.07. The third kappa shape index (κ3) is 4.12. The molecule has 0 bridgehead atoms. The second-order valence-corrected chi connectivity index (χ2v) is 5.65. The van der Waals surface area contributed by atoms with E-state index >= 15 is 0 Å². The van der Waals surface area contributed by atoms with Gasteiger partial charge in [-0.15, -0.1) is 0 Å². The lowest BCUT2D eigenvalue weighted by atomic mass is 9.86. The molecule has 1 aliphatic rings. The molecular formula is C12H25N. The van der Waals surface area contributed by atoms with Crippen LogP contribution in [0, 0.1) is 11.3 Å². The summed E-state index contributed by atoms with van der Waals surface area (Å²) in [5, 5.41) is 0. The summed E-state index contributed by atoms with van der Waals surface area (Å²) in [5.74, 6) is 0.985. The van der Waals surface area contributed by atoms with Crippen molar-refractivity contribution in [3.63, 3.8) is 0 Å². The van der Waals surface area contributed by atoms with Gasteiger partial charge in [0.15, 0.2) is 0 Å². The molecule has 0 N–H and O–H groups in total. The Morgan fingerprint density at radius 2 is 2.00 bits per heavy atom. The molecule has 1 heterocycles. The summed E-state index contributed by atoms with van der Waals surface area (Å²) >= 11 is 0. The molecule has 0 radical (unpaired) electrons. The minimum Gasteiger partial charge on any atom is -0.303 e. The van der Waals surface area contributed by atoms with Crippen LogP contribution in [-0.2, 0) is 0 Å². The first-order valence-corrected chi connectivity index (χ1v) is 5.73. The van der Waals surface area contributed by atoms with Gasteiger partial charge in [-0.3, -0.25) is 0 Å². The SMILES string of the molecule is CCN1CC[C@H](CCC(C)(C)C)C1. The molecule has 1 fully saturated rings. The van der Waals surface area contributed by atoms with Crippen molar-refractivity contribution in [1.29, 1.82) is 0 Å². The van der Waals surface area contributed by atoms with E-state index in [4.69, 9.17) is 0 Å². The highest BCUT2D eigenvalue weighted by Crippen LogP contribution is 2.27. The van der Waals surface area contributed by atoms with Gasteiger partial charge in [-0.2, -0.15) is 0 Å². The van der Waals surface area contributed by atoms with Crippen LogP contribution in [0.5, 0.6) is 0 Å². The third-order valence-electron chi connectivity index (χ3n) is 3.12. The van der Waals surface area contributed by atoms with Crippen LogP contribution < -0.4 is 0 Å². The molecule has 0 aromatic carbocycles. The highest BCUT2D eigenvalue weighted by atomic mass is 15.1. The first-order chi connectivity index (χ1) is 6.01. The van der Waals surface area contributed by atoms with Crippen molar-refractivity contribution in [2.24, 2.45) is 11.3 Å². The number of hydrogen-bond acceptors (Lipinski definition) is 1. The summed E-state index contributed by atoms with van der Waals surface area (Å²) in [7, 11) is 0. The van der Waals surface area contributed by atoms with E-state index in [2.05, 4.69) is 32.6 Å². The van der Waals surface area contributed by atoms with E-state index in [0.717, 1.165) is 5.92 Å². The quantitative estimate of drug-likeness (QED) is 0.649. The van der Waals surface area contributed by atoms with Gasteiger partial charge in [-0.05, 0) is 43.7 Å². The highest BCUT2D eigenvalue weighted by molar-refractivity contribution is 4.76. The van der Waals surface area contributed by atoms with Crippen molar-refractivity contribution in [3.05, 3.63) is 0 Å². The van der Waals surface area contributed by atoms with Gasteiger partial charge >= 0.3 is 0 Å². The molecule has 1 aliphatic heterocycles. The normalized spacial score (nSPS) is 25.4. The van der Waals surface area contributed by atoms with Crippen LogP contribution in [0.2, 0.25) is 0 Å². The van der Waals surface area contributed by atoms with Crippen LogP contribution in [0.4, 0.5) is 0 Å². The zero-order chi connectivity index (χ0) is 9.90.